The minimum Gasteiger partial charge on any atom is -0.392 e. The fourth-order valence-electron chi connectivity index (χ4n) is 2.34. The summed E-state index contributed by atoms with van der Waals surface area (Å²) in [7, 11) is 0. The Hall–Kier alpha value is -1.09. The molecule has 1 aromatic heterocycles. The van der Waals surface area contributed by atoms with Crippen LogP contribution in [0, 0.1) is 5.92 Å². The third kappa shape index (κ3) is 2.53. The predicted molar refractivity (Wildman–Crippen MR) is 65.4 cm³/mol. The summed E-state index contributed by atoms with van der Waals surface area (Å²) in [5, 5.41) is 9.32. The molecule has 2 heterocycles. The van der Waals surface area contributed by atoms with Crippen LogP contribution in [0.2, 0.25) is 0 Å². The highest BCUT2D eigenvalue weighted by Crippen LogP contribution is 2.24. The van der Waals surface area contributed by atoms with E-state index in [2.05, 4.69) is 16.8 Å². The van der Waals surface area contributed by atoms with Crippen molar-refractivity contribution in [2.45, 2.75) is 32.8 Å². The fraction of sp³-hybridized carbons (Fsp3) is 0.615. The number of hydrogen-bond acceptors (Lipinski definition) is 3. The van der Waals surface area contributed by atoms with Crippen LogP contribution in [0.1, 0.15) is 31.7 Å². The first-order valence-electron chi connectivity index (χ1n) is 6.10. The molecule has 0 saturated carbocycles. The minimum absolute atomic E-state index is 0.101. The highest BCUT2D eigenvalue weighted by Gasteiger charge is 2.16. The Balaban J connectivity index is 2.16. The summed E-state index contributed by atoms with van der Waals surface area (Å²) in [5.74, 6) is 0.819. The van der Waals surface area contributed by atoms with Crippen LogP contribution in [0.15, 0.2) is 18.5 Å². The second-order valence-corrected chi connectivity index (χ2v) is 4.69. The van der Waals surface area contributed by atoms with Crippen LogP contribution in [-0.4, -0.2) is 23.2 Å². The maximum atomic E-state index is 9.32. The van der Waals surface area contributed by atoms with Crippen LogP contribution < -0.4 is 4.90 Å². The van der Waals surface area contributed by atoms with Gasteiger partial charge in [-0.3, -0.25) is 4.98 Å². The van der Waals surface area contributed by atoms with Gasteiger partial charge in [0.15, 0.2) is 0 Å². The molecule has 0 aliphatic carbocycles. The van der Waals surface area contributed by atoms with Gasteiger partial charge in [0, 0.05) is 24.8 Å². The maximum absolute atomic E-state index is 9.32. The molecule has 1 N–H and O–H groups in total. The molecule has 0 spiro atoms. The van der Waals surface area contributed by atoms with Crippen LogP contribution in [0.25, 0.3) is 0 Å². The Bertz CT molecular complexity index is 340. The van der Waals surface area contributed by atoms with E-state index in [1.165, 1.54) is 19.3 Å². The molecule has 16 heavy (non-hydrogen) atoms. The molecule has 3 nitrogen and oxygen atoms in total. The second-order valence-electron chi connectivity index (χ2n) is 4.69. The van der Waals surface area contributed by atoms with Gasteiger partial charge in [0.25, 0.3) is 0 Å². The molecule has 1 saturated heterocycles. The molecule has 1 unspecified atom stereocenters. The number of anilines is 1. The van der Waals surface area contributed by atoms with Crippen LogP contribution in [0.4, 0.5) is 5.69 Å². The van der Waals surface area contributed by atoms with Crippen LogP contribution in [0.5, 0.6) is 0 Å². The van der Waals surface area contributed by atoms with Crippen molar-refractivity contribution in [3.63, 3.8) is 0 Å². The van der Waals surface area contributed by atoms with E-state index >= 15 is 0 Å². The van der Waals surface area contributed by atoms with Gasteiger partial charge >= 0.3 is 0 Å². The van der Waals surface area contributed by atoms with Gasteiger partial charge < -0.3 is 10.0 Å². The first-order chi connectivity index (χ1) is 7.81. The Morgan fingerprint density at radius 1 is 1.44 bits per heavy atom. The van der Waals surface area contributed by atoms with Gasteiger partial charge in [0.1, 0.15) is 0 Å². The van der Waals surface area contributed by atoms with E-state index in [1.807, 2.05) is 12.3 Å². The van der Waals surface area contributed by atoms with E-state index in [1.54, 1.807) is 6.20 Å². The molecule has 1 aliphatic heterocycles. The zero-order valence-electron chi connectivity index (χ0n) is 9.89. The van der Waals surface area contributed by atoms with Gasteiger partial charge in [0.2, 0.25) is 0 Å². The normalized spacial score (nSPS) is 21.9. The summed E-state index contributed by atoms with van der Waals surface area (Å²) >= 11 is 0. The highest BCUT2D eigenvalue weighted by molar-refractivity contribution is 5.51. The summed E-state index contributed by atoms with van der Waals surface area (Å²) in [4.78, 5) is 6.53. The van der Waals surface area contributed by atoms with Crippen LogP contribution in [0.3, 0.4) is 0 Å². The van der Waals surface area contributed by atoms with Gasteiger partial charge in [-0.05, 0) is 31.2 Å². The van der Waals surface area contributed by atoms with Gasteiger partial charge in [-0.2, -0.15) is 0 Å². The SMILES string of the molecule is CC1CCCN(c2cnccc2CO)CC1. The number of pyridine rings is 1. The molecular formula is C13H20N2O. The van der Waals surface area contributed by atoms with Gasteiger partial charge in [0.05, 0.1) is 18.5 Å². The quantitative estimate of drug-likeness (QED) is 0.830. The average molecular weight is 220 g/mol. The molecule has 88 valence electrons. The summed E-state index contributed by atoms with van der Waals surface area (Å²) in [6.07, 6.45) is 7.41. The molecule has 1 aliphatic rings. The number of hydrogen-bond donors (Lipinski definition) is 1. The van der Waals surface area contributed by atoms with Gasteiger partial charge in [-0.25, -0.2) is 0 Å². The third-order valence-corrected chi connectivity index (χ3v) is 3.42. The molecule has 1 fully saturated rings. The Kier molecular flexibility index (Phi) is 3.78. The second kappa shape index (κ2) is 5.30. The topological polar surface area (TPSA) is 36.4 Å². The van der Waals surface area contributed by atoms with E-state index in [4.69, 9.17) is 0 Å². The molecule has 0 bridgehead atoms. The number of nitrogens with zero attached hydrogens (tertiary/aromatic N) is 2. The average Bonchev–Trinajstić information content (AvgIpc) is 2.54. The molecule has 2 rings (SSSR count). The van der Waals surface area contributed by atoms with E-state index in [-0.39, 0.29) is 6.61 Å². The smallest absolute Gasteiger partial charge is 0.0703 e. The Morgan fingerprint density at radius 2 is 2.31 bits per heavy atom. The maximum Gasteiger partial charge on any atom is 0.0703 e. The van der Waals surface area contributed by atoms with E-state index in [9.17, 15) is 5.11 Å². The largest absolute Gasteiger partial charge is 0.392 e. The summed E-state index contributed by atoms with van der Waals surface area (Å²) in [6, 6.07) is 1.91. The zero-order valence-corrected chi connectivity index (χ0v) is 9.89. The molecule has 0 aromatic carbocycles. The number of rotatable bonds is 2. The molecule has 0 radical (unpaired) electrons. The number of aliphatic hydroxyl groups excluding tert-OH is 1. The minimum atomic E-state index is 0.101. The van der Waals surface area contributed by atoms with Crippen LogP contribution >= 0.6 is 0 Å². The van der Waals surface area contributed by atoms with E-state index in [0.29, 0.717) is 0 Å². The van der Waals surface area contributed by atoms with Crippen molar-refractivity contribution in [1.29, 1.82) is 0 Å². The number of aromatic nitrogens is 1. The zero-order chi connectivity index (χ0) is 11.4. The fourth-order valence-corrected chi connectivity index (χ4v) is 2.34. The molecule has 0 amide bonds. The van der Waals surface area contributed by atoms with Crippen molar-refractivity contribution in [1.82, 2.24) is 4.98 Å². The lowest BCUT2D eigenvalue weighted by Gasteiger charge is -2.24. The summed E-state index contributed by atoms with van der Waals surface area (Å²) in [6.45, 7) is 4.59. The van der Waals surface area contributed by atoms with Gasteiger partial charge in [-0.15, -0.1) is 0 Å². The van der Waals surface area contributed by atoms with Crippen molar-refractivity contribution in [2.75, 3.05) is 18.0 Å². The lowest BCUT2D eigenvalue weighted by molar-refractivity contribution is 0.282. The standard InChI is InChI=1S/C13H20N2O/c1-11-3-2-7-15(8-5-11)13-9-14-6-4-12(13)10-16/h4,6,9,11,16H,2-3,5,7-8,10H2,1H3. The van der Waals surface area contributed by atoms with Crippen LogP contribution in [-0.2, 0) is 6.61 Å². The summed E-state index contributed by atoms with van der Waals surface area (Å²) in [5.41, 5.74) is 2.10. The number of aliphatic hydroxyl groups is 1. The molecule has 1 aromatic rings. The molecule has 1 atom stereocenters. The highest BCUT2D eigenvalue weighted by atomic mass is 16.3. The van der Waals surface area contributed by atoms with E-state index in [0.717, 1.165) is 30.3 Å². The predicted octanol–water partition coefficient (Wildman–Crippen LogP) is 2.20. The van der Waals surface area contributed by atoms with E-state index < -0.39 is 0 Å². The van der Waals surface area contributed by atoms with Crippen molar-refractivity contribution in [2.24, 2.45) is 5.92 Å². The lowest BCUT2D eigenvalue weighted by Crippen LogP contribution is -2.25. The lowest BCUT2D eigenvalue weighted by atomic mass is 10.0. The van der Waals surface area contributed by atoms with Crippen molar-refractivity contribution >= 4 is 5.69 Å². The first-order valence-corrected chi connectivity index (χ1v) is 6.10. The Labute approximate surface area is 97.1 Å². The monoisotopic (exact) mass is 220 g/mol. The van der Waals surface area contributed by atoms with Crippen molar-refractivity contribution < 1.29 is 5.11 Å². The molecular weight excluding hydrogens is 200 g/mol. The molecule has 3 heteroatoms. The Morgan fingerprint density at radius 3 is 3.12 bits per heavy atom. The third-order valence-electron chi connectivity index (χ3n) is 3.42. The first kappa shape index (κ1) is 11.4. The summed E-state index contributed by atoms with van der Waals surface area (Å²) < 4.78 is 0. The van der Waals surface area contributed by atoms with Gasteiger partial charge in [-0.1, -0.05) is 6.92 Å². The van der Waals surface area contributed by atoms with Crippen molar-refractivity contribution in [3.8, 4) is 0 Å². The van der Waals surface area contributed by atoms with Crippen molar-refractivity contribution in [3.05, 3.63) is 24.0 Å².